The summed E-state index contributed by atoms with van der Waals surface area (Å²) >= 11 is 0. The zero-order valence-electron chi connectivity index (χ0n) is 18.5. The third-order valence-corrected chi connectivity index (χ3v) is 4.32. The molecule has 2 aromatic heterocycles. The molecule has 0 saturated heterocycles. The molecular weight excluding hydrogens is 353 g/mol. The highest BCUT2D eigenvalue weighted by atomic mass is 19.1. The SMILES string of the molecule is CC.CC.CC/C=C(/CC)c1nc(C)c(-c2oc3ccc(F)cc3c2C)n1N. The van der Waals surface area contributed by atoms with Crippen molar-refractivity contribution in [3.8, 4) is 11.5 Å². The average Bonchev–Trinajstić information content (AvgIpc) is 3.18. The first-order valence-electron chi connectivity index (χ1n) is 10.2. The third kappa shape index (κ3) is 4.46. The summed E-state index contributed by atoms with van der Waals surface area (Å²) in [6, 6.07) is 4.52. The fourth-order valence-corrected chi connectivity index (χ4v) is 3.11. The van der Waals surface area contributed by atoms with Gasteiger partial charge in [0.25, 0.3) is 0 Å². The highest BCUT2D eigenvalue weighted by molar-refractivity contribution is 5.87. The molecule has 4 nitrogen and oxygen atoms in total. The zero-order valence-corrected chi connectivity index (χ0v) is 18.5. The molecule has 154 valence electrons. The predicted octanol–water partition coefficient (Wildman–Crippen LogP) is 7.02. The molecule has 0 aliphatic heterocycles. The molecule has 0 aliphatic carbocycles. The van der Waals surface area contributed by atoms with Crippen molar-refractivity contribution in [1.82, 2.24) is 9.66 Å². The fraction of sp³-hybridized carbons (Fsp3) is 0.435. The summed E-state index contributed by atoms with van der Waals surface area (Å²) in [6.45, 7) is 16.0. The van der Waals surface area contributed by atoms with E-state index in [0.717, 1.165) is 46.6 Å². The van der Waals surface area contributed by atoms with Crippen LogP contribution in [0.3, 0.4) is 0 Å². The number of fused-ring (bicyclic) bond motifs is 1. The average molecular weight is 388 g/mol. The Morgan fingerprint density at radius 3 is 2.39 bits per heavy atom. The fourth-order valence-electron chi connectivity index (χ4n) is 3.11. The van der Waals surface area contributed by atoms with Crippen LogP contribution in [-0.2, 0) is 0 Å². The molecule has 0 fully saturated rings. The number of furan rings is 1. The highest BCUT2D eigenvalue weighted by Crippen LogP contribution is 2.35. The van der Waals surface area contributed by atoms with E-state index in [9.17, 15) is 4.39 Å². The van der Waals surface area contributed by atoms with Crippen LogP contribution in [0.25, 0.3) is 28.0 Å². The predicted molar refractivity (Wildman–Crippen MR) is 118 cm³/mol. The molecule has 2 heterocycles. The molecule has 2 N–H and O–H groups in total. The first kappa shape index (κ1) is 23.5. The summed E-state index contributed by atoms with van der Waals surface area (Å²) in [6.07, 6.45) is 3.91. The summed E-state index contributed by atoms with van der Waals surface area (Å²) in [5.41, 5.74) is 4.14. The lowest BCUT2D eigenvalue weighted by atomic mass is 10.1. The molecule has 0 unspecified atom stereocenters. The lowest BCUT2D eigenvalue weighted by molar-refractivity contribution is 0.614. The molecule has 0 radical (unpaired) electrons. The Hall–Kier alpha value is -2.56. The van der Waals surface area contributed by atoms with E-state index in [2.05, 4.69) is 24.9 Å². The minimum absolute atomic E-state index is 0.282. The molecule has 3 rings (SSSR count). The van der Waals surface area contributed by atoms with E-state index < -0.39 is 0 Å². The Labute approximate surface area is 168 Å². The van der Waals surface area contributed by atoms with Gasteiger partial charge in [-0.15, -0.1) is 0 Å². The van der Waals surface area contributed by atoms with E-state index in [-0.39, 0.29) is 5.82 Å². The number of allylic oxidation sites excluding steroid dienone is 2. The van der Waals surface area contributed by atoms with Crippen LogP contribution in [0.2, 0.25) is 0 Å². The number of nitrogens with zero attached hydrogens (tertiary/aromatic N) is 2. The summed E-state index contributed by atoms with van der Waals surface area (Å²) < 4.78 is 21.1. The number of hydrogen-bond acceptors (Lipinski definition) is 3. The second-order valence-corrected chi connectivity index (χ2v) is 5.93. The van der Waals surface area contributed by atoms with Gasteiger partial charge in [0, 0.05) is 10.9 Å². The molecule has 28 heavy (non-hydrogen) atoms. The molecule has 5 heteroatoms. The maximum absolute atomic E-state index is 13.5. The Morgan fingerprint density at radius 2 is 1.82 bits per heavy atom. The number of rotatable bonds is 4. The second-order valence-electron chi connectivity index (χ2n) is 5.93. The van der Waals surface area contributed by atoms with Crippen LogP contribution in [0.1, 0.15) is 71.5 Å². The van der Waals surface area contributed by atoms with Crippen LogP contribution < -0.4 is 5.84 Å². The molecule has 1 aromatic carbocycles. The van der Waals surface area contributed by atoms with Crippen LogP contribution in [0.4, 0.5) is 4.39 Å². The van der Waals surface area contributed by atoms with Crippen LogP contribution in [-0.4, -0.2) is 9.66 Å². The number of aromatic nitrogens is 2. The van der Waals surface area contributed by atoms with Crippen molar-refractivity contribution in [2.75, 3.05) is 5.84 Å². The molecule has 3 aromatic rings. The molecule has 0 bridgehead atoms. The van der Waals surface area contributed by atoms with Crippen molar-refractivity contribution >= 4 is 16.5 Å². The van der Waals surface area contributed by atoms with Gasteiger partial charge in [0.15, 0.2) is 11.6 Å². The number of aryl methyl sites for hydroxylation is 2. The lowest BCUT2D eigenvalue weighted by Gasteiger charge is -2.07. The van der Waals surface area contributed by atoms with Crippen LogP contribution in [0.5, 0.6) is 0 Å². The normalized spacial score (nSPS) is 11.0. The summed E-state index contributed by atoms with van der Waals surface area (Å²) in [4.78, 5) is 4.64. The Morgan fingerprint density at radius 1 is 1.18 bits per heavy atom. The number of benzene rings is 1. The van der Waals surface area contributed by atoms with Gasteiger partial charge < -0.3 is 10.3 Å². The summed E-state index contributed by atoms with van der Waals surface area (Å²) in [7, 11) is 0. The van der Waals surface area contributed by atoms with Crippen molar-refractivity contribution in [3.63, 3.8) is 0 Å². The number of imidazole rings is 1. The van der Waals surface area contributed by atoms with Crippen molar-refractivity contribution in [2.24, 2.45) is 0 Å². The topological polar surface area (TPSA) is 57.0 Å². The van der Waals surface area contributed by atoms with Gasteiger partial charge in [-0.2, -0.15) is 0 Å². The molecule has 0 amide bonds. The first-order chi connectivity index (χ1) is 13.5. The van der Waals surface area contributed by atoms with Crippen molar-refractivity contribution in [2.45, 2.75) is 68.2 Å². The minimum atomic E-state index is -0.282. The molecule has 0 atom stereocenters. The summed E-state index contributed by atoms with van der Waals surface area (Å²) in [5.74, 6) is 7.45. The number of halogens is 1. The standard InChI is InChI=1S/C19H22FN3O.2C2H6/c1-5-7-13(6-2)19-22-12(4)17(23(19)21)18-11(3)15-10-14(20)8-9-16(15)24-18;2*1-2/h7-10H,5-6,21H2,1-4H3;2*1-2H3/b13-7-;;. The number of nitrogen functional groups attached to an aromatic ring is 1. The molecule has 0 spiro atoms. The van der Waals surface area contributed by atoms with Crippen molar-refractivity contribution in [3.05, 3.63) is 47.2 Å². The maximum atomic E-state index is 13.5. The highest BCUT2D eigenvalue weighted by Gasteiger charge is 2.22. The largest absolute Gasteiger partial charge is 0.454 e. The minimum Gasteiger partial charge on any atom is -0.454 e. The van der Waals surface area contributed by atoms with Crippen molar-refractivity contribution < 1.29 is 8.81 Å². The number of hydrogen-bond donors (Lipinski definition) is 1. The first-order valence-corrected chi connectivity index (χ1v) is 10.2. The Balaban J connectivity index is 0.000000921. The maximum Gasteiger partial charge on any atom is 0.158 e. The van der Waals surface area contributed by atoms with Crippen LogP contribution in [0.15, 0.2) is 28.7 Å². The second kappa shape index (κ2) is 10.7. The van der Waals surface area contributed by atoms with Gasteiger partial charge in [-0.1, -0.05) is 47.6 Å². The quantitative estimate of drug-likeness (QED) is 0.489. The number of nitrogens with two attached hydrogens (primary N) is 1. The van der Waals surface area contributed by atoms with E-state index in [1.165, 1.54) is 12.1 Å². The molecule has 0 saturated carbocycles. The van der Waals surface area contributed by atoms with Gasteiger partial charge in [-0.25, -0.2) is 14.1 Å². The zero-order chi connectivity index (χ0) is 21.4. The lowest BCUT2D eigenvalue weighted by Crippen LogP contribution is -2.14. The van der Waals surface area contributed by atoms with E-state index in [4.69, 9.17) is 10.3 Å². The summed E-state index contributed by atoms with van der Waals surface area (Å²) in [5, 5.41) is 0.756. The van der Waals surface area contributed by atoms with E-state index in [0.29, 0.717) is 11.3 Å². The monoisotopic (exact) mass is 387 g/mol. The van der Waals surface area contributed by atoms with E-state index in [1.54, 1.807) is 10.7 Å². The van der Waals surface area contributed by atoms with Crippen LogP contribution in [0, 0.1) is 19.7 Å². The van der Waals surface area contributed by atoms with Crippen LogP contribution >= 0.6 is 0 Å². The van der Waals surface area contributed by atoms with E-state index >= 15 is 0 Å². The Bertz CT molecular complexity index is 935. The van der Waals surface area contributed by atoms with Gasteiger partial charge in [0.05, 0.1) is 5.69 Å². The van der Waals surface area contributed by atoms with Gasteiger partial charge in [0.1, 0.15) is 17.1 Å². The van der Waals surface area contributed by atoms with Crippen molar-refractivity contribution in [1.29, 1.82) is 0 Å². The van der Waals surface area contributed by atoms with E-state index in [1.807, 2.05) is 41.5 Å². The third-order valence-electron chi connectivity index (χ3n) is 4.32. The smallest absolute Gasteiger partial charge is 0.158 e. The van der Waals surface area contributed by atoms with Gasteiger partial charge in [-0.05, 0) is 50.5 Å². The molecular formula is C23H34FN3O. The molecule has 0 aliphatic rings. The Kier molecular flexibility index (Phi) is 8.97. The van der Waals surface area contributed by atoms with Gasteiger partial charge in [-0.3, -0.25) is 0 Å². The van der Waals surface area contributed by atoms with Gasteiger partial charge in [0.2, 0.25) is 0 Å². The van der Waals surface area contributed by atoms with Gasteiger partial charge >= 0.3 is 0 Å².